The predicted molar refractivity (Wildman–Crippen MR) is 154 cm³/mol. The highest BCUT2D eigenvalue weighted by Gasteiger charge is 2.15. The summed E-state index contributed by atoms with van der Waals surface area (Å²) in [5.41, 5.74) is 4.58. The number of nitrogens with zero attached hydrogens (tertiary/aromatic N) is 7. The van der Waals surface area contributed by atoms with E-state index in [-0.39, 0.29) is 12.6 Å². The third kappa shape index (κ3) is 6.96. The molecule has 3 heterocycles. The van der Waals surface area contributed by atoms with Crippen molar-refractivity contribution >= 4 is 11.9 Å². The number of benzene rings is 2. The summed E-state index contributed by atoms with van der Waals surface area (Å²) in [4.78, 5) is 26.5. The van der Waals surface area contributed by atoms with Crippen LogP contribution < -0.4 is 10.1 Å². The lowest BCUT2D eigenvalue weighted by Gasteiger charge is -2.10. The molecule has 0 spiro atoms. The fourth-order valence-electron chi connectivity index (χ4n) is 4.09. The smallest absolute Gasteiger partial charge is 0.264 e. The van der Waals surface area contributed by atoms with E-state index in [4.69, 9.17) is 9.72 Å². The van der Waals surface area contributed by atoms with Crippen molar-refractivity contribution in [3.63, 3.8) is 0 Å². The van der Waals surface area contributed by atoms with Gasteiger partial charge in [0.05, 0.1) is 41.5 Å². The summed E-state index contributed by atoms with van der Waals surface area (Å²) in [5.74, 6) is 0.608. The average Bonchev–Trinajstić information content (AvgIpc) is 3.48. The molecule has 0 aliphatic heterocycles. The number of rotatable bonds is 10. The minimum atomic E-state index is -0.418. The maximum Gasteiger partial charge on any atom is 0.264 e. The van der Waals surface area contributed by atoms with E-state index in [9.17, 15) is 10.1 Å². The molecule has 1 amide bonds. The predicted octanol–water partition coefficient (Wildman–Crippen LogP) is 5.25. The summed E-state index contributed by atoms with van der Waals surface area (Å²) >= 11 is 0. The second-order valence-electron chi connectivity index (χ2n) is 9.47. The van der Waals surface area contributed by atoms with Gasteiger partial charge in [0.15, 0.2) is 6.61 Å². The van der Waals surface area contributed by atoms with Crippen LogP contribution >= 0.6 is 0 Å². The van der Waals surface area contributed by atoms with E-state index in [1.54, 1.807) is 47.3 Å². The van der Waals surface area contributed by atoms with E-state index in [1.807, 2.05) is 42.5 Å². The first-order valence-corrected chi connectivity index (χ1v) is 13.2. The van der Waals surface area contributed by atoms with Crippen molar-refractivity contribution < 1.29 is 9.53 Å². The Balaban J connectivity index is 1.41. The summed E-state index contributed by atoms with van der Waals surface area (Å²) in [6, 6.07) is 26.0. The highest BCUT2D eigenvalue weighted by Crippen LogP contribution is 2.25. The van der Waals surface area contributed by atoms with Gasteiger partial charge in [0, 0.05) is 11.3 Å². The van der Waals surface area contributed by atoms with Crippen molar-refractivity contribution in [2.45, 2.75) is 32.7 Å². The average molecular weight is 545 g/mol. The van der Waals surface area contributed by atoms with E-state index >= 15 is 0 Å². The molecule has 10 nitrogen and oxygen atoms in total. The minimum absolute atomic E-state index is 0.0824. The molecular weight excluding hydrogens is 516 g/mol. The fraction of sp³-hybridized carbons (Fsp3) is 0.194. The number of anilines is 1. The molecule has 0 aliphatic rings. The lowest BCUT2D eigenvalue weighted by atomic mass is 10.0. The molecule has 0 saturated heterocycles. The summed E-state index contributed by atoms with van der Waals surface area (Å²) < 4.78 is 7.25. The summed E-state index contributed by atoms with van der Waals surface area (Å²) in [6.45, 7) is 4.53. The molecule has 0 aliphatic carbocycles. The Bertz CT molecular complexity index is 1690. The van der Waals surface area contributed by atoms with Gasteiger partial charge in [-0.15, -0.1) is 5.10 Å². The number of carbonyl (C=O) groups excluding carboxylic acids is 1. The van der Waals surface area contributed by atoms with Crippen molar-refractivity contribution in [1.82, 2.24) is 29.9 Å². The van der Waals surface area contributed by atoms with Crippen LogP contribution in [0.25, 0.3) is 22.6 Å². The van der Waals surface area contributed by atoms with Gasteiger partial charge in [-0.2, -0.15) is 5.26 Å². The quantitative estimate of drug-likeness (QED) is 0.252. The van der Waals surface area contributed by atoms with E-state index in [0.29, 0.717) is 46.4 Å². The first kappa shape index (κ1) is 27.1. The van der Waals surface area contributed by atoms with Crippen LogP contribution in [0.15, 0.2) is 85.1 Å². The van der Waals surface area contributed by atoms with Crippen LogP contribution in [0, 0.1) is 11.3 Å². The summed E-state index contributed by atoms with van der Waals surface area (Å²) in [7, 11) is 0. The Kier molecular flexibility index (Phi) is 8.35. The molecule has 0 fully saturated rings. The lowest BCUT2D eigenvalue weighted by molar-refractivity contribution is -0.118. The molecular formula is C31H28N8O2. The molecule has 5 rings (SSSR count). The molecule has 5 aromatic rings. The van der Waals surface area contributed by atoms with E-state index in [2.05, 4.69) is 45.5 Å². The fourth-order valence-corrected chi connectivity index (χ4v) is 4.09. The monoisotopic (exact) mass is 544 g/mol. The Hall–Kier alpha value is -5.43. The van der Waals surface area contributed by atoms with E-state index in [0.717, 1.165) is 17.8 Å². The summed E-state index contributed by atoms with van der Waals surface area (Å²) in [5, 5.41) is 20.7. The number of hydrogen-bond acceptors (Lipinski definition) is 8. The van der Waals surface area contributed by atoms with Crippen LogP contribution in [-0.2, 0) is 11.3 Å². The van der Waals surface area contributed by atoms with E-state index < -0.39 is 5.91 Å². The third-order valence-electron chi connectivity index (χ3n) is 6.45. The first-order valence-electron chi connectivity index (χ1n) is 13.2. The number of amides is 1. The zero-order chi connectivity index (χ0) is 28.6. The molecule has 1 unspecified atom stereocenters. The van der Waals surface area contributed by atoms with Gasteiger partial charge >= 0.3 is 0 Å². The van der Waals surface area contributed by atoms with Crippen molar-refractivity contribution in [1.29, 1.82) is 5.26 Å². The highest BCUT2D eigenvalue weighted by molar-refractivity contribution is 5.90. The van der Waals surface area contributed by atoms with Gasteiger partial charge in [-0.1, -0.05) is 55.5 Å². The van der Waals surface area contributed by atoms with Gasteiger partial charge in [-0.05, 0) is 54.8 Å². The van der Waals surface area contributed by atoms with Crippen molar-refractivity contribution in [2.24, 2.45) is 0 Å². The zero-order valence-electron chi connectivity index (χ0n) is 22.7. The molecule has 0 saturated carbocycles. The number of nitriles is 1. The molecule has 0 bridgehead atoms. The Morgan fingerprint density at radius 1 is 0.976 bits per heavy atom. The van der Waals surface area contributed by atoms with Gasteiger partial charge in [0.1, 0.15) is 11.4 Å². The second-order valence-corrected chi connectivity index (χ2v) is 9.47. The molecule has 10 heteroatoms. The number of carbonyl (C=O) groups is 1. The number of para-hydroxylation sites is 1. The second kappa shape index (κ2) is 12.6. The summed E-state index contributed by atoms with van der Waals surface area (Å²) in [6.07, 6.45) is 2.79. The topological polar surface area (TPSA) is 132 Å². The van der Waals surface area contributed by atoms with Crippen LogP contribution in [0.2, 0.25) is 0 Å². The van der Waals surface area contributed by atoms with Gasteiger partial charge in [0.2, 0.25) is 5.95 Å². The maximum atomic E-state index is 12.7. The largest absolute Gasteiger partial charge is 0.484 e. The molecule has 1 atom stereocenters. The zero-order valence-corrected chi connectivity index (χ0v) is 22.7. The Morgan fingerprint density at radius 3 is 2.59 bits per heavy atom. The molecule has 204 valence electrons. The Labute approximate surface area is 237 Å². The van der Waals surface area contributed by atoms with Crippen LogP contribution in [0.1, 0.15) is 43.1 Å². The van der Waals surface area contributed by atoms with Crippen LogP contribution in [0.5, 0.6) is 5.75 Å². The van der Waals surface area contributed by atoms with Crippen molar-refractivity contribution in [3.05, 3.63) is 102 Å². The first-order chi connectivity index (χ1) is 20.0. The molecule has 0 radical (unpaired) electrons. The van der Waals surface area contributed by atoms with Crippen LogP contribution in [0.4, 0.5) is 5.95 Å². The van der Waals surface area contributed by atoms with Crippen molar-refractivity contribution in [3.8, 4) is 34.5 Å². The molecule has 1 N–H and O–H groups in total. The lowest BCUT2D eigenvalue weighted by Crippen LogP contribution is -2.21. The van der Waals surface area contributed by atoms with E-state index in [1.165, 1.54) is 0 Å². The van der Waals surface area contributed by atoms with Gasteiger partial charge < -0.3 is 4.74 Å². The number of nitrogens with one attached hydrogen (secondary N) is 1. The molecule has 3 aromatic heterocycles. The normalized spacial score (nSPS) is 11.4. The van der Waals surface area contributed by atoms with Crippen LogP contribution in [-0.4, -0.2) is 42.5 Å². The van der Waals surface area contributed by atoms with Gasteiger partial charge in [0.25, 0.3) is 5.91 Å². The number of hydrogen-bond donors (Lipinski definition) is 1. The SMILES string of the molecule is CCC(C)c1cccc(Cn2cc(-c3cc(-c4cccc(C#N)c4)nc(NC(=O)COc4ccccc4)n3)nn2)n1. The standard InChI is InChI=1S/C31H28N8O2/c1-3-21(2)26-14-8-11-24(33-26)18-39-19-29(37-38-39)28-16-27(23-10-7-9-22(15-23)17-32)34-31(35-28)36-30(40)20-41-25-12-5-4-6-13-25/h4-16,19,21H,3,18,20H2,1-2H3,(H,34,35,36,40). The highest BCUT2D eigenvalue weighted by atomic mass is 16.5. The van der Waals surface area contributed by atoms with Gasteiger partial charge in [-0.25, -0.2) is 14.6 Å². The number of pyridine rings is 1. The number of ether oxygens (including phenoxy) is 1. The minimum Gasteiger partial charge on any atom is -0.484 e. The molecule has 2 aromatic carbocycles. The van der Waals surface area contributed by atoms with Gasteiger partial charge in [-0.3, -0.25) is 15.1 Å². The Morgan fingerprint density at radius 2 is 1.78 bits per heavy atom. The number of aromatic nitrogens is 6. The van der Waals surface area contributed by atoms with Crippen molar-refractivity contribution in [2.75, 3.05) is 11.9 Å². The third-order valence-corrected chi connectivity index (χ3v) is 6.45. The maximum absolute atomic E-state index is 12.7. The van der Waals surface area contributed by atoms with Crippen LogP contribution in [0.3, 0.4) is 0 Å². The molecule has 41 heavy (non-hydrogen) atoms.